The Labute approximate surface area is 103 Å². The molecule has 4 heteroatoms. The maximum Gasteiger partial charge on any atom is 0.129 e. The standard InChI is InChI=1S/C13H22N4/c1-10-8-12(17-11(2)16-10)15-9-13(14)6-4-3-5-7-13/h8H,3-7,9,14H2,1-2H3,(H,15,16,17). The smallest absolute Gasteiger partial charge is 0.129 e. The molecule has 0 aromatic carbocycles. The third kappa shape index (κ3) is 3.40. The van der Waals surface area contributed by atoms with Gasteiger partial charge in [-0.2, -0.15) is 0 Å². The Morgan fingerprint density at radius 2 is 1.94 bits per heavy atom. The van der Waals surface area contributed by atoms with E-state index in [1.807, 2.05) is 19.9 Å². The second kappa shape index (κ2) is 5.00. The second-order valence-corrected chi connectivity index (χ2v) is 5.22. The summed E-state index contributed by atoms with van der Waals surface area (Å²) in [7, 11) is 0. The van der Waals surface area contributed by atoms with Gasteiger partial charge in [0.05, 0.1) is 0 Å². The van der Waals surface area contributed by atoms with Gasteiger partial charge in [-0.3, -0.25) is 0 Å². The van der Waals surface area contributed by atoms with Gasteiger partial charge in [0.2, 0.25) is 0 Å². The summed E-state index contributed by atoms with van der Waals surface area (Å²) in [5.74, 6) is 1.70. The van der Waals surface area contributed by atoms with Crippen molar-refractivity contribution < 1.29 is 0 Å². The zero-order valence-corrected chi connectivity index (χ0v) is 10.8. The molecule has 1 aliphatic carbocycles. The number of rotatable bonds is 3. The molecule has 0 bridgehead atoms. The zero-order valence-electron chi connectivity index (χ0n) is 10.8. The van der Waals surface area contributed by atoms with Crippen molar-refractivity contribution in [2.75, 3.05) is 11.9 Å². The molecule has 3 N–H and O–H groups in total. The van der Waals surface area contributed by atoms with Crippen LogP contribution in [0, 0.1) is 13.8 Å². The van der Waals surface area contributed by atoms with Crippen LogP contribution in [-0.4, -0.2) is 22.1 Å². The second-order valence-electron chi connectivity index (χ2n) is 5.22. The fourth-order valence-electron chi connectivity index (χ4n) is 2.51. The number of nitrogens with two attached hydrogens (primary N) is 1. The first-order chi connectivity index (χ1) is 8.07. The highest BCUT2D eigenvalue weighted by molar-refractivity contribution is 5.36. The monoisotopic (exact) mass is 234 g/mol. The minimum Gasteiger partial charge on any atom is -0.368 e. The highest BCUT2D eigenvalue weighted by atomic mass is 15.0. The van der Waals surface area contributed by atoms with Crippen LogP contribution < -0.4 is 11.1 Å². The minimum absolute atomic E-state index is 0.0506. The molecule has 0 atom stereocenters. The van der Waals surface area contributed by atoms with Crippen molar-refractivity contribution in [3.05, 3.63) is 17.6 Å². The molecule has 1 fully saturated rings. The summed E-state index contributed by atoms with van der Waals surface area (Å²) in [6.07, 6.45) is 6.05. The molecule has 1 saturated carbocycles. The maximum absolute atomic E-state index is 6.38. The van der Waals surface area contributed by atoms with Crippen molar-refractivity contribution in [1.29, 1.82) is 0 Å². The zero-order chi connectivity index (χ0) is 12.3. The Hall–Kier alpha value is -1.16. The largest absolute Gasteiger partial charge is 0.368 e. The molecule has 1 heterocycles. The Kier molecular flexibility index (Phi) is 3.62. The first kappa shape index (κ1) is 12.3. The number of aryl methyl sites for hydroxylation is 2. The van der Waals surface area contributed by atoms with Crippen molar-refractivity contribution in [3.8, 4) is 0 Å². The minimum atomic E-state index is -0.0506. The SMILES string of the molecule is Cc1cc(NCC2(N)CCCCC2)nc(C)n1. The molecule has 1 aliphatic rings. The van der Waals surface area contributed by atoms with E-state index in [9.17, 15) is 0 Å². The van der Waals surface area contributed by atoms with E-state index >= 15 is 0 Å². The van der Waals surface area contributed by atoms with Gasteiger partial charge in [0.25, 0.3) is 0 Å². The average Bonchev–Trinajstić information content (AvgIpc) is 2.26. The van der Waals surface area contributed by atoms with Gasteiger partial charge in [-0.15, -0.1) is 0 Å². The molecule has 2 rings (SSSR count). The van der Waals surface area contributed by atoms with Crippen LogP contribution >= 0.6 is 0 Å². The quantitative estimate of drug-likeness (QED) is 0.841. The van der Waals surface area contributed by atoms with Crippen LogP contribution in [0.4, 0.5) is 5.82 Å². The van der Waals surface area contributed by atoms with E-state index in [0.29, 0.717) is 0 Å². The van der Waals surface area contributed by atoms with E-state index in [1.165, 1.54) is 19.3 Å². The normalized spacial score (nSPS) is 19.0. The number of nitrogens with one attached hydrogen (secondary N) is 1. The fraction of sp³-hybridized carbons (Fsp3) is 0.692. The number of nitrogens with zero attached hydrogens (tertiary/aromatic N) is 2. The van der Waals surface area contributed by atoms with Crippen LogP contribution in [-0.2, 0) is 0 Å². The van der Waals surface area contributed by atoms with Crippen molar-refractivity contribution in [2.45, 2.75) is 51.5 Å². The van der Waals surface area contributed by atoms with E-state index in [2.05, 4.69) is 15.3 Å². The topological polar surface area (TPSA) is 63.8 Å². The summed E-state index contributed by atoms with van der Waals surface area (Å²) in [5, 5.41) is 3.36. The third-order valence-electron chi connectivity index (χ3n) is 3.44. The van der Waals surface area contributed by atoms with Gasteiger partial charge in [-0.1, -0.05) is 19.3 Å². The van der Waals surface area contributed by atoms with Crippen LogP contribution in [0.3, 0.4) is 0 Å². The van der Waals surface area contributed by atoms with Gasteiger partial charge in [0.1, 0.15) is 11.6 Å². The Balaban J connectivity index is 1.96. The molecule has 4 nitrogen and oxygen atoms in total. The van der Waals surface area contributed by atoms with Crippen LogP contribution in [0.5, 0.6) is 0 Å². The molecule has 0 saturated heterocycles. The van der Waals surface area contributed by atoms with Gasteiger partial charge < -0.3 is 11.1 Å². The van der Waals surface area contributed by atoms with E-state index < -0.39 is 0 Å². The van der Waals surface area contributed by atoms with Crippen LogP contribution in [0.25, 0.3) is 0 Å². The summed E-state index contributed by atoms with van der Waals surface area (Å²) >= 11 is 0. The maximum atomic E-state index is 6.38. The summed E-state index contributed by atoms with van der Waals surface area (Å²) in [5.41, 5.74) is 7.32. The average molecular weight is 234 g/mol. The molecule has 0 radical (unpaired) electrons. The number of aromatic nitrogens is 2. The summed E-state index contributed by atoms with van der Waals surface area (Å²) in [6.45, 7) is 4.71. The molecule has 94 valence electrons. The summed E-state index contributed by atoms with van der Waals surface area (Å²) < 4.78 is 0. The molecule has 1 aromatic rings. The number of hydrogen-bond donors (Lipinski definition) is 2. The Morgan fingerprint density at radius 3 is 2.59 bits per heavy atom. The van der Waals surface area contributed by atoms with Crippen molar-refractivity contribution in [1.82, 2.24) is 9.97 Å². The molecular formula is C13H22N4. The van der Waals surface area contributed by atoms with Crippen molar-refractivity contribution >= 4 is 5.82 Å². The van der Waals surface area contributed by atoms with E-state index in [-0.39, 0.29) is 5.54 Å². The molecule has 0 spiro atoms. The number of hydrogen-bond acceptors (Lipinski definition) is 4. The summed E-state index contributed by atoms with van der Waals surface area (Å²) in [6, 6.07) is 1.97. The Morgan fingerprint density at radius 1 is 1.24 bits per heavy atom. The van der Waals surface area contributed by atoms with Gasteiger partial charge >= 0.3 is 0 Å². The van der Waals surface area contributed by atoms with E-state index in [0.717, 1.165) is 36.7 Å². The molecule has 17 heavy (non-hydrogen) atoms. The van der Waals surface area contributed by atoms with Gasteiger partial charge in [-0.25, -0.2) is 9.97 Å². The first-order valence-corrected chi connectivity index (χ1v) is 6.42. The van der Waals surface area contributed by atoms with E-state index in [1.54, 1.807) is 0 Å². The van der Waals surface area contributed by atoms with Crippen molar-refractivity contribution in [2.24, 2.45) is 5.73 Å². The third-order valence-corrected chi connectivity index (χ3v) is 3.44. The van der Waals surface area contributed by atoms with Gasteiger partial charge in [0.15, 0.2) is 0 Å². The molecule has 0 unspecified atom stereocenters. The van der Waals surface area contributed by atoms with Crippen LogP contribution in [0.15, 0.2) is 6.07 Å². The highest BCUT2D eigenvalue weighted by Gasteiger charge is 2.27. The molecule has 0 aliphatic heterocycles. The lowest BCUT2D eigenvalue weighted by Crippen LogP contribution is -2.47. The lowest BCUT2D eigenvalue weighted by molar-refractivity contribution is 0.311. The van der Waals surface area contributed by atoms with Gasteiger partial charge in [-0.05, 0) is 26.7 Å². The predicted molar refractivity (Wildman–Crippen MR) is 70.0 cm³/mol. The summed E-state index contributed by atoms with van der Waals surface area (Å²) in [4.78, 5) is 8.64. The first-order valence-electron chi connectivity index (χ1n) is 6.42. The van der Waals surface area contributed by atoms with E-state index in [4.69, 9.17) is 5.73 Å². The molecule has 1 aromatic heterocycles. The van der Waals surface area contributed by atoms with Crippen molar-refractivity contribution in [3.63, 3.8) is 0 Å². The fourth-order valence-corrected chi connectivity index (χ4v) is 2.51. The van der Waals surface area contributed by atoms with Crippen LogP contribution in [0.2, 0.25) is 0 Å². The number of anilines is 1. The molecular weight excluding hydrogens is 212 g/mol. The molecule has 0 amide bonds. The van der Waals surface area contributed by atoms with Gasteiger partial charge in [0, 0.05) is 23.8 Å². The van der Waals surface area contributed by atoms with Crippen LogP contribution in [0.1, 0.15) is 43.6 Å². The lowest BCUT2D eigenvalue weighted by atomic mass is 9.82. The Bertz CT molecular complexity index is 363. The predicted octanol–water partition coefficient (Wildman–Crippen LogP) is 2.17. The highest BCUT2D eigenvalue weighted by Crippen LogP contribution is 2.26. The lowest BCUT2D eigenvalue weighted by Gasteiger charge is -2.33.